The van der Waals surface area contributed by atoms with Gasteiger partial charge in [-0.3, -0.25) is 4.79 Å². The van der Waals surface area contributed by atoms with Gasteiger partial charge in [0.05, 0.1) is 12.0 Å². The number of carboxylic acid groups (broad SMARTS) is 1. The fourth-order valence-corrected chi connectivity index (χ4v) is 2.35. The summed E-state index contributed by atoms with van der Waals surface area (Å²) in [6.45, 7) is 0.253. The van der Waals surface area contributed by atoms with Crippen LogP contribution in [0.1, 0.15) is 18.6 Å². The van der Waals surface area contributed by atoms with Gasteiger partial charge < -0.3 is 9.52 Å². The van der Waals surface area contributed by atoms with Crippen LogP contribution in [0.25, 0.3) is 0 Å². The average Bonchev–Trinajstić information content (AvgIpc) is 2.69. The Morgan fingerprint density at radius 1 is 1.47 bits per heavy atom. The second-order valence-corrected chi connectivity index (χ2v) is 5.47. The van der Waals surface area contributed by atoms with E-state index in [1.807, 2.05) is 0 Å². The second-order valence-electron chi connectivity index (χ2n) is 3.54. The summed E-state index contributed by atoms with van der Waals surface area (Å²) in [5, 5.41) is 8.38. The van der Waals surface area contributed by atoms with Gasteiger partial charge in [-0.15, -0.1) is 0 Å². The first-order valence-electron chi connectivity index (χ1n) is 5.21. The van der Waals surface area contributed by atoms with E-state index in [4.69, 9.17) is 9.52 Å². The Hall–Kier alpha value is -1.34. The molecule has 0 saturated heterocycles. The largest absolute Gasteiger partial charge is 0.481 e. The van der Waals surface area contributed by atoms with Crippen LogP contribution in [0.5, 0.6) is 0 Å². The first-order valence-corrected chi connectivity index (χ1v) is 6.86. The monoisotopic (exact) mass is 261 g/mol. The minimum Gasteiger partial charge on any atom is -0.481 e. The molecule has 0 bridgehead atoms. The molecule has 2 N–H and O–H groups in total. The van der Waals surface area contributed by atoms with E-state index in [1.165, 1.54) is 6.26 Å². The molecule has 0 aliphatic rings. The van der Waals surface area contributed by atoms with Crippen molar-refractivity contribution in [3.05, 3.63) is 24.2 Å². The maximum Gasteiger partial charge on any atom is 0.303 e. The Labute approximate surface area is 99.7 Å². The number of rotatable bonds is 8. The van der Waals surface area contributed by atoms with Crippen LogP contribution in [-0.2, 0) is 21.2 Å². The Bertz CT molecular complexity index is 437. The van der Waals surface area contributed by atoms with E-state index >= 15 is 0 Å². The molecule has 0 amide bonds. The fourth-order valence-electron chi connectivity index (χ4n) is 1.27. The molecule has 96 valence electrons. The molecule has 1 aromatic rings. The van der Waals surface area contributed by atoms with Crippen LogP contribution in [0.3, 0.4) is 0 Å². The predicted molar refractivity (Wildman–Crippen MR) is 61.1 cm³/mol. The number of sulfonamides is 1. The highest BCUT2D eigenvalue weighted by Gasteiger charge is 2.10. The molecule has 6 nitrogen and oxygen atoms in total. The number of nitrogens with one attached hydrogen (secondary N) is 1. The molecule has 17 heavy (non-hydrogen) atoms. The number of carbonyl (C=O) groups is 1. The van der Waals surface area contributed by atoms with E-state index in [9.17, 15) is 13.2 Å². The predicted octanol–water partition coefficient (Wildman–Crippen LogP) is 0.606. The molecule has 0 unspecified atom stereocenters. The van der Waals surface area contributed by atoms with E-state index in [0.29, 0.717) is 12.2 Å². The van der Waals surface area contributed by atoms with Crippen LogP contribution < -0.4 is 4.72 Å². The van der Waals surface area contributed by atoms with Crippen molar-refractivity contribution in [1.29, 1.82) is 0 Å². The summed E-state index contributed by atoms with van der Waals surface area (Å²) in [5.74, 6) is -0.453. The Morgan fingerprint density at radius 3 is 2.82 bits per heavy atom. The second kappa shape index (κ2) is 6.41. The van der Waals surface area contributed by atoms with Gasteiger partial charge in [-0.25, -0.2) is 13.1 Å². The lowest BCUT2D eigenvalue weighted by atomic mass is 10.3. The molecule has 0 spiro atoms. The lowest BCUT2D eigenvalue weighted by Gasteiger charge is -2.04. The van der Waals surface area contributed by atoms with Crippen molar-refractivity contribution in [3.8, 4) is 0 Å². The third kappa shape index (κ3) is 6.08. The molecule has 0 aliphatic heterocycles. The molecule has 1 aromatic heterocycles. The van der Waals surface area contributed by atoms with Gasteiger partial charge in [0.2, 0.25) is 10.0 Å². The van der Waals surface area contributed by atoms with Gasteiger partial charge in [-0.1, -0.05) is 0 Å². The third-order valence-corrected chi connectivity index (χ3v) is 3.55. The molecular weight excluding hydrogens is 246 g/mol. The standard InChI is InChI=1S/C10H15NO5S/c12-10(13)4-2-8-17(14,15)11-6-5-9-3-1-7-16-9/h1,3,7,11H,2,4-6,8H2,(H,12,13). The van der Waals surface area contributed by atoms with Gasteiger partial charge in [0.25, 0.3) is 0 Å². The summed E-state index contributed by atoms with van der Waals surface area (Å²) >= 11 is 0. The van der Waals surface area contributed by atoms with Crippen molar-refractivity contribution in [1.82, 2.24) is 4.72 Å². The van der Waals surface area contributed by atoms with Gasteiger partial charge in [-0.05, 0) is 18.6 Å². The lowest BCUT2D eigenvalue weighted by molar-refractivity contribution is -0.137. The number of aliphatic carboxylic acids is 1. The zero-order chi connectivity index (χ0) is 12.7. The third-order valence-electron chi connectivity index (χ3n) is 2.08. The summed E-state index contributed by atoms with van der Waals surface area (Å²) in [6.07, 6.45) is 1.98. The summed E-state index contributed by atoms with van der Waals surface area (Å²) in [4.78, 5) is 10.2. The summed E-state index contributed by atoms with van der Waals surface area (Å²) in [7, 11) is -3.39. The Morgan fingerprint density at radius 2 is 2.24 bits per heavy atom. The number of carboxylic acids is 1. The number of hydrogen-bond acceptors (Lipinski definition) is 4. The van der Waals surface area contributed by atoms with E-state index in [1.54, 1.807) is 12.1 Å². The van der Waals surface area contributed by atoms with Crippen molar-refractivity contribution in [2.45, 2.75) is 19.3 Å². The van der Waals surface area contributed by atoms with Crippen molar-refractivity contribution >= 4 is 16.0 Å². The molecule has 0 saturated carbocycles. The summed E-state index contributed by atoms with van der Waals surface area (Å²) in [5.41, 5.74) is 0. The van der Waals surface area contributed by atoms with Crippen LogP contribution >= 0.6 is 0 Å². The van der Waals surface area contributed by atoms with Crippen LogP contribution in [-0.4, -0.2) is 31.8 Å². The maximum absolute atomic E-state index is 11.4. The fraction of sp³-hybridized carbons (Fsp3) is 0.500. The highest BCUT2D eigenvalue weighted by atomic mass is 32.2. The van der Waals surface area contributed by atoms with E-state index in [-0.39, 0.29) is 25.1 Å². The smallest absolute Gasteiger partial charge is 0.303 e. The lowest BCUT2D eigenvalue weighted by Crippen LogP contribution is -2.28. The molecule has 1 heterocycles. The van der Waals surface area contributed by atoms with Gasteiger partial charge >= 0.3 is 5.97 Å². The molecular formula is C10H15NO5S. The highest BCUT2D eigenvalue weighted by molar-refractivity contribution is 7.89. The molecule has 0 aliphatic carbocycles. The van der Waals surface area contributed by atoms with Crippen LogP contribution in [0.15, 0.2) is 22.8 Å². The van der Waals surface area contributed by atoms with Gasteiger partial charge in [0.1, 0.15) is 5.76 Å². The SMILES string of the molecule is O=C(O)CCCS(=O)(=O)NCCc1ccco1. The van der Waals surface area contributed by atoms with Gasteiger partial charge in [-0.2, -0.15) is 0 Å². The molecule has 0 aromatic carbocycles. The van der Waals surface area contributed by atoms with Crippen LogP contribution in [0.2, 0.25) is 0 Å². The van der Waals surface area contributed by atoms with Crippen molar-refractivity contribution < 1.29 is 22.7 Å². The molecule has 0 radical (unpaired) electrons. The first-order chi connectivity index (χ1) is 7.99. The topological polar surface area (TPSA) is 96.6 Å². The van der Waals surface area contributed by atoms with Gasteiger partial charge in [0, 0.05) is 19.4 Å². The van der Waals surface area contributed by atoms with Crippen molar-refractivity contribution in [2.24, 2.45) is 0 Å². The quantitative estimate of drug-likeness (QED) is 0.714. The minimum atomic E-state index is -3.39. The molecule has 0 fully saturated rings. The zero-order valence-electron chi connectivity index (χ0n) is 9.26. The van der Waals surface area contributed by atoms with E-state index < -0.39 is 16.0 Å². The van der Waals surface area contributed by atoms with Crippen molar-refractivity contribution in [2.75, 3.05) is 12.3 Å². The average molecular weight is 261 g/mol. The van der Waals surface area contributed by atoms with Crippen LogP contribution in [0, 0.1) is 0 Å². The van der Waals surface area contributed by atoms with E-state index in [2.05, 4.69) is 4.72 Å². The Kier molecular flexibility index (Phi) is 5.17. The number of hydrogen-bond donors (Lipinski definition) is 2. The van der Waals surface area contributed by atoms with Crippen molar-refractivity contribution in [3.63, 3.8) is 0 Å². The molecule has 0 atom stereocenters. The molecule has 7 heteroatoms. The maximum atomic E-state index is 11.4. The minimum absolute atomic E-state index is 0.116. The van der Waals surface area contributed by atoms with Gasteiger partial charge in [0.15, 0.2) is 0 Å². The van der Waals surface area contributed by atoms with E-state index in [0.717, 1.165) is 0 Å². The Balaban J connectivity index is 2.22. The summed E-state index contributed by atoms with van der Waals surface area (Å²) < 4.78 is 30.3. The molecule has 1 rings (SSSR count). The first kappa shape index (κ1) is 13.7. The highest BCUT2D eigenvalue weighted by Crippen LogP contribution is 2.00. The zero-order valence-corrected chi connectivity index (χ0v) is 10.1. The normalized spacial score (nSPS) is 11.5. The number of furan rings is 1. The summed E-state index contributed by atoms with van der Waals surface area (Å²) in [6, 6.07) is 3.50. The van der Waals surface area contributed by atoms with Crippen LogP contribution in [0.4, 0.5) is 0 Å².